The number of ketones is 1. The lowest BCUT2D eigenvalue weighted by Gasteiger charge is -2.38. The van der Waals surface area contributed by atoms with Crippen LogP contribution in [0.3, 0.4) is 0 Å². The second-order valence-corrected chi connectivity index (χ2v) is 10.2. The fourth-order valence-corrected chi connectivity index (χ4v) is 5.45. The maximum atomic E-state index is 14.0. The van der Waals surface area contributed by atoms with E-state index in [-0.39, 0.29) is 22.6 Å². The van der Waals surface area contributed by atoms with Gasteiger partial charge in [-0.2, -0.15) is 0 Å². The smallest absolute Gasteiger partial charge is 0.257 e. The molecule has 3 heterocycles. The number of Topliss-reactive ketones (excluding diaryl/α,β-unsaturated/α-hetero) is 1. The summed E-state index contributed by atoms with van der Waals surface area (Å²) >= 11 is 1.26. The van der Waals surface area contributed by atoms with E-state index < -0.39 is 5.92 Å². The van der Waals surface area contributed by atoms with Crippen LogP contribution in [-0.4, -0.2) is 20.7 Å². The first-order valence-electron chi connectivity index (χ1n) is 10.8. The van der Waals surface area contributed by atoms with E-state index in [0.29, 0.717) is 46.3 Å². The molecule has 2 aromatic heterocycles. The second-order valence-electron chi connectivity index (χ2n) is 9.19. The molecule has 8 heteroatoms. The summed E-state index contributed by atoms with van der Waals surface area (Å²) in [4.78, 5) is 38.2. The molecule has 1 unspecified atom stereocenters. The summed E-state index contributed by atoms with van der Waals surface area (Å²) in [7, 11) is 0. The van der Waals surface area contributed by atoms with Crippen molar-refractivity contribution in [2.24, 2.45) is 5.41 Å². The number of nitrogens with one attached hydrogen (secondary N) is 2. The number of hydrogen-bond donors (Lipinski definition) is 2. The summed E-state index contributed by atoms with van der Waals surface area (Å²) < 4.78 is 14.0. The standard InChI is InChI=1S/C25H23FN4O2S/c1-25(2)10-17-20(18(31)11-25)19(14-7-5-9-27-12-14)21-22(28-17)29-24(30-23(21)32)33-13-15-6-3-4-8-16(15)26/h3-9,12,19H,10-11,13H2,1-2H3,(H2,28,29,30,32). The number of fused-ring (bicyclic) bond motifs is 1. The van der Waals surface area contributed by atoms with Crippen LogP contribution in [0, 0.1) is 11.2 Å². The first kappa shape index (κ1) is 21.6. The number of halogens is 1. The lowest BCUT2D eigenvalue weighted by atomic mass is 9.69. The van der Waals surface area contributed by atoms with Crippen molar-refractivity contribution < 1.29 is 9.18 Å². The van der Waals surface area contributed by atoms with Gasteiger partial charge in [-0.15, -0.1) is 0 Å². The molecular formula is C25H23FN4O2S. The Hall–Kier alpha value is -3.26. The quantitative estimate of drug-likeness (QED) is 0.428. The minimum absolute atomic E-state index is 0.0330. The molecule has 1 aliphatic carbocycles. The van der Waals surface area contributed by atoms with Crippen molar-refractivity contribution in [1.29, 1.82) is 0 Å². The molecule has 2 N–H and O–H groups in total. The predicted molar refractivity (Wildman–Crippen MR) is 126 cm³/mol. The number of hydrogen-bond acceptors (Lipinski definition) is 6. The van der Waals surface area contributed by atoms with Crippen LogP contribution in [0.25, 0.3) is 0 Å². The molecule has 0 saturated carbocycles. The summed E-state index contributed by atoms with van der Waals surface area (Å²) in [6.45, 7) is 4.12. The molecule has 2 aliphatic rings. The van der Waals surface area contributed by atoms with Gasteiger partial charge in [0.2, 0.25) is 0 Å². The number of allylic oxidation sites excluding steroid dienone is 2. The summed E-state index contributed by atoms with van der Waals surface area (Å²) in [6, 6.07) is 10.2. The number of benzene rings is 1. The largest absolute Gasteiger partial charge is 0.343 e. The van der Waals surface area contributed by atoms with Gasteiger partial charge in [0.05, 0.1) is 5.56 Å². The number of pyridine rings is 1. The van der Waals surface area contributed by atoms with Gasteiger partial charge in [0.1, 0.15) is 11.6 Å². The monoisotopic (exact) mass is 462 g/mol. The van der Waals surface area contributed by atoms with Crippen molar-refractivity contribution in [2.45, 2.75) is 43.5 Å². The number of carbonyl (C=O) groups is 1. The van der Waals surface area contributed by atoms with E-state index >= 15 is 0 Å². The number of H-pyrrole nitrogens is 1. The minimum Gasteiger partial charge on any atom is -0.343 e. The number of aromatic nitrogens is 3. The fourth-order valence-electron chi connectivity index (χ4n) is 4.60. The van der Waals surface area contributed by atoms with Crippen molar-refractivity contribution in [2.75, 3.05) is 5.32 Å². The van der Waals surface area contributed by atoms with Crippen LogP contribution in [0.5, 0.6) is 0 Å². The Morgan fingerprint density at radius 2 is 1.97 bits per heavy atom. The van der Waals surface area contributed by atoms with Crippen LogP contribution in [0.2, 0.25) is 0 Å². The molecule has 33 heavy (non-hydrogen) atoms. The zero-order valence-corrected chi connectivity index (χ0v) is 19.1. The van der Waals surface area contributed by atoms with Crippen molar-refractivity contribution in [3.8, 4) is 0 Å². The van der Waals surface area contributed by atoms with Crippen molar-refractivity contribution in [3.63, 3.8) is 0 Å². The molecule has 0 fully saturated rings. The number of anilines is 1. The highest BCUT2D eigenvalue weighted by molar-refractivity contribution is 7.98. The van der Waals surface area contributed by atoms with E-state index in [2.05, 4.69) is 34.1 Å². The van der Waals surface area contributed by atoms with Gasteiger partial charge in [0, 0.05) is 41.8 Å². The van der Waals surface area contributed by atoms with E-state index in [1.54, 1.807) is 36.7 Å². The Labute approximate surface area is 194 Å². The lowest BCUT2D eigenvalue weighted by molar-refractivity contribution is -0.118. The zero-order valence-electron chi connectivity index (χ0n) is 18.3. The van der Waals surface area contributed by atoms with Crippen LogP contribution in [0.15, 0.2) is 70.0 Å². The van der Waals surface area contributed by atoms with Crippen LogP contribution >= 0.6 is 11.8 Å². The van der Waals surface area contributed by atoms with Crippen LogP contribution in [-0.2, 0) is 10.5 Å². The maximum Gasteiger partial charge on any atom is 0.257 e. The molecule has 0 amide bonds. The van der Waals surface area contributed by atoms with E-state index in [9.17, 15) is 14.0 Å². The Morgan fingerprint density at radius 3 is 2.73 bits per heavy atom. The second kappa shape index (κ2) is 8.26. The SMILES string of the molecule is CC1(C)CC(=O)C2=C(C1)Nc1nc(SCc3ccccc3F)[nH]c(=O)c1C2c1cccnc1. The number of nitrogens with zero attached hydrogens (tertiary/aromatic N) is 2. The first-order valence-corrected chi connectivity index (χ1v) is 11.7. The molecule has 1 aromatic carbocycles. The number of carbonyl (C=O) groups excluding carboxylic acids is 1. The van der Waals surface area contributed by atoms with Gasteiger partial charge in [0.15, 0.2) is 10.9 Å². The third-order valence-electron chi connectivity index (χ3n) is 6.04. The number of thioether (sulfide) groups is 1. The van der Waals surface area contributed by atoms with E-state index in [0.717, 1.165) is 11.3 Å². The Balaban J connectivity index is 1.58. The molecule has 5 rings (SSSR count). The van der Waals surface area contributed by atoms with Gasteiger partial charge in [-0.1, -0.05) is 49.9 Å². The van der Waals surface area contributed by atoms with Gasteiger partial charge in [-0.3, -0.25) is 14.6 Å². The average Bonchev–Trinajstić information content (AvgIpc) is 2.77. The van der Waals surface area contributed by atoms with Crippen molar-refractivity contribution in [3.05, 3.63) is 92.9 Å². The highest BCUT2D eigenvalue weighted by atomic mass is 32.2. The third kappa shape index (κ3) is 4.11. The topological polar surface area (TPSA) is 87.7 Å². The molecule has 0 saturated heterocycles. The number of aromatic amines is 1. The molecule has 3 aromatic rings. The van der Waals surface area contributed by atoms with Gasteiger partial charge in [0.25, 0.3) is 5.56 Å². The molecule has 0 bridgehead atoms. The fraction of sp³-hybridized carbons (Fsp3) is 0.280. The summed E-state index contributed by atoms with van der Waals surface area (Å²) in [6.07, 6.45) is 4.45. The summed E-state index contributed by atoms with van der Waals surface area (Å²) in [5.74, 6) is -0.0216. The van der Waals surface area contributed by atoms with Crippen LogP contribution in [0.1, 0.15) is 49.3 Å². The normalized spacial score (nSPS) is 19.0. The van der Waals surface area contributed by atoms with E-state index in [1.807, 2.05) is 6.07 Å². The minimum atomic E-state index is -0.532. The molecule has 1 aliphatic heterocycles. The predicted octanol–water partition coefficient (Wildman–Crippen LogP) is 4.80. The third-order valence-corrected chi connectivity index (χ3v) is 6.96. The Morgan fingerprint density at radius 1 is 1.15 bits per heavy atom. The summed E-state index contributed by atoms with van der Waals surface area (Å²) in [5, 5.41) is 3.69. The van der Waals surface area contributed by atoms with E-state index in [4.69, 9.17) is 0 Å². The highest BCUT2D eigenvalue weighted by Gasteiger charge is 2.42. The van der Waals surface area contributed by atoms with Gasteiger partial charge in [-0.25, -0.2) is 9.37 Å². The summed E-state index contributed by atoms with van der Waals surface area (Å²) in [5.41, 5.74) is 2.64. The van der Waals surface area contributed by atoms with E-state index in [1.165, 1.54) is 17.8 Å². The average molecular weight is 463 g/mol. The molecular weight excluding hydrogens is 439 g/mol. The van der Waals surface area contributed by atoms with Crippen LogP contribution < -0.4 is 10.9 Å². The first-order chi connectivity index (χ1) is 15.8. The zero-order chi connectivity index (χ0) is 23.2. The molecule has 6 nitrogen and oxygen atoms in total. The van der Waals surface area contributed by atoms with Gasteiger partial charge in [-0.05, 0) is 35.1 Å². The maximum absolute atomic E-state index is 14.0. The molecule has 0 spiro atoms. The van der Waals surface area contributed by atoms with Crippen molar-refractivity contribution >= 4 is 23.4 Å². The molecule has 1 atom stereocenters. The molecule has 0 radical (unpaired) electrons. The highest BCUT2D eigenvalue weighted by Crippen LogP contribution is 2.47. The lowest BCUT2D eigenvalue weighted by Crippen LogP contribution is -2.37. The Bertz CT molecular complexity index is 1330. The molecule has 168 valence electrons. The van der Waals surface area contributed by atoms with Gasteiger partial charge >= 0.3 is 0 Å². The Kier molecular flexibility index (Phi) is 5.40. The van der Waals surface area contributed by atoms with Gasteiger partial charge < -0.3 is 10.3 Å². The number of rotatable bonds is 4. The van der Waals surface area contributed by atoms with Crippen LogP contribution in [0.4, 0.5) is 10.2 Å². The van der Waals surface area contributed by atoms with Crippen molar-refractivity contribution in [1.82, 2.24) is 15.0 Å².